The second kappa shape index (κ2) is 5.52. The van der Waals surface area contributed by atoms with Gasteiger partial charge in [0.25, 0.3) is 0 Å². The van der Waals surface area contributed by atoms with Crippen molar-refractivity contribution < 1.29 is 0 Å². The fourth-order valence-corrected chi connectivity index (χ4v) is 2.74. The smallest absolute Gasteiger partial charge is 0.158 e. The lowest BCUT2D eigenvalue weighted by Crippen LogP contribution is -2.05. The molecule has 0 radical (unpaired) electrons. The van der Waals surface area contributed by atoms with E-state index in [-0.39, 0.29) is 5.82 Å². The summed E-state index contributed by atoms with van der Waals surface area (Å²) in [5.41, 5.74) is 10.3. The lowest BCUT2D eigenvalue weighted by molar-refractivity contribution is 0.950. The van der Waals surface area contributed by atoms with Crippen LogP contribution in [-0.4, -0.2) is 14.6 Å². The number of anilines is 1. The largest absolute Gasteiger partial charge is 0.382 e. The molecule has 0 fully saturated rings. The zero-order valence-corrected chi connectivity index (χ0v) is 12.7. The van der Waals surface area contributed by atoms with E-state index >= 15 is 0 Å². The third-order valence-corrected chi connectivity index (χ3v) is 3.86. The summed E-state index contributed by atoms with van der Waals surface area (Å²) in [6, 6.07) is 23.5. The first-order valence-corrected chi connectivity index (χ1v) is 7.48. The molecule has 0 bridgehead atoms. The Balaban J connectivity index is 2.05. The molecular formula is C19H13N5. The summed E-state index contributed by atoms with van der Waals surface area (Å²) >= 11 is 0. The molecule has 24 heavy (non-hydrogen) atoms. The molecule has 4 aromatic rings. The van der Waals surface area contributed by atoms with Crippen LogP contribution in [-0.2, 0) is 0 Å². The lowest BCUT2D eigenvalue weighted by atomic mass is 10.1. The average Bonchev–Trinajstić information content (AvgIpc) is 3.05. The van der Waals surface area contributed by atoms with Gasteiger partial charge in [-0.3, -0.25) is 0 Å². The van der Waals surface area contributed by atoms with Crippen molar-refractivity contribution >= 4 is 11.5 Å². The van der Waals surface area contributed by atoms with Crippen LogP contribution in [0.3, 0.4) is 0 Å². The van der Waals surface area contributed by atoms with Crippen LogP contribution in [0.4, 0.5) is 5.82 Å². The molecule has 5 heteroatoms. The minimum Gasteiger partial charge on any atom is -0.382 e. The molecule has 2 heterocycles. The number of fused-ring (bicyclic) bond motifs is 1. The average molecular weight is 311 g/mol. The highest BCUT2D eigenvalue weighted by molar-refractivity contribution is 5.77. The van der Waals surface area contributed by atoms with Gasteiger partial charge in [0.15, 0.2) is 5.65 Å². The van der Waals surface area contributed by atoms with Crippen LogP contribution in [0, 0.1) is 11.3 Å². The Morgan fingerprint density at radius 2 is 1.54 bits per heavy atom. The molecule has 0 aliphatic carbocycles. The van der Waals surface area contributed by atoms with E-state index in [4.69, 9.17) is 5.73 Å². The molecule has 0 amide bonds. The molecular weight excluding hydrogens is 298 g/mol. The minimum atomic E-state index is 0.211. The molecule has 2 N–H and O–H groups in total. The molecule has 0 aliphatic rings. The topological polar surface area (TPSA) is 80.0 Å². The number of rotatable bonds is 2. The van der Waals surface area contributed by atoms with Gasteiger partial charge in [0.2, 0.25) is 0 Å². The lowest BCUT2D eigenvalue weighted by Gasteiger charge is -2.08. The summed E-state index contributed by atoms with van der Waals surface area (Å²) in [6.07, 6.45) is 0. The quantitative estimate of drug-likeness (QED) is 0.614. The summed E-state index contributed by atoms with van der Waals surface area (Å²) in [7, 11) is 0. The Hall–Kier alpha value is -3.65. The Kier molecular flexibility index (Phi) is 3.22. The normalized spacial score (nSPS) is 10.6. The van der Waals surface area contributed by atoms with Gasteiger partial charge in [-0.25, -0.2) is 9.50 Å². The summed E-state index contributed by atoms with van der Waals surface area (Å²) in [5, 5.41) is 14.2. The molecule has 0 saturated heterocycles. The molecule has 0 saturated carbocycles. The van der Waals surface area contributed by atoms with Gasteiger partial charge in [-0.05, 0) is 0 Å². The molecule has 0 unspecified atom stereocenters. The van der Waals surface area contributed by atoms with Crippen molar-refractivity contribution in [2.24, 2.45) is 0 Å². The number of benzene rings is 2. The van der Waals surface area contributed by atoms with E-state index in [1.54, 1.807) is 4.52 Å². The third-order valence-electron chi connectivity index (χ3n) is 3.86. The van der Waals surface area contributed by atoms with Gasteiger partial charge in [-0.15, -0.1) is 0 Å². The van der Waals surface area contributed by atoms with Crippen molar-refractivity contribution in [3.63, 3.8) is 0 Å². The zero-order valence-electron chi connectivity index (χ0n) is 12.7. The van der Waals surface area contributed by atoms with E-state index in [1.807, 2.05) is 66.7 Å². The molecule has 0 atom stereocenters. The maximum absolute atomic E-state index is 9.53. The van der Waals surface area contributed by atoms with Crippen molar-refractivity contribution in [1.29, 1.82) is 5.26 Å². The highest BCUT2D eigenvalue weighted by Gasteiger charge is 2.17. The number of hydrogen-bond donors (Lipinski definition) is 1. The van der Waals surface area contributed by atoms with Crippen LogP contribution in [0.5, 0.6) is 0 Å². The summed E-state index contributed by atoms with van der Waals surface area (Å²) in [6.45, 7) is 0. The van der Waals surface area contributed by atoms with Crippen molar-refractivity contribution in [2.45, 2.75) is 0 Å². The van der Waals surface area contributed by atoms with Gasteiger partial charge in [0, 0.05) is 17.2 Å². The number of nitrogens with two attached hydrogens (primary N) is 1. The maximum atomic E-state index is 9.53. The van der Waals surface area contributed by atoms with Gasteiger partial charge in [0.1, 0.15) is 17.5 Å². The predicted octanol–water partition coefficient (Wildman–Crippen LogP) is 3.52. The molecule has 5 nitrogen and oxygen atoms in total. The van der Waals surface area contributed by atoms with E-state index < -0.39 is 0 Å². The number of aromatic nitrogens is 3. The van der Waals surface area contributed by atoms with Crippen molar-refractivity contribution in [1.82, 2.24) is 14.6 Å². The molecule has 0 aliphatic heterocycles. The van der Waals surface area contributed by atoms with Crippen LogP contribution in [0.25, 0.3) is 28.2 Å². The summed E-state index contributed by atoms with van der Waals surface area (Å²) in [5.74, 6) is 0.211. The van der Waals surface area contributed by atoms with Crippen LogP contribution < -0.4 is 5.73 Å². The van der Waals surface area contributed by atoms with E-state index in [2.05, 4.69) is 16.2 Å². The fraction of sp³-hybridized carbons (Fsp3) is 0. The number of nitrogens with zero attached hydrogens (tertiary/aromatic N) is 4. The first-order chi connectivity index (χ1) is 11.8. The molecule has 114 valence electrons. The fourth-order valence-electron chi connectivity index (χ4n) is 2.74. The highest BCUT2D eigenvalue weighted by atomic mass is 15.3. The Bertz CT molecular complexity index is 1060. The first kappa shape index (κ1) is 14.0. The highest BCUT2D eigenvalue weighted by Crippen LogP contribution is 2.29. The number of nitrogen functional groups attached to an aromatic ring is 1. The van der Waals surface area contributed by atoms with Crippen molar-refractivity contribution in [3.8, 4) is 28.6 Å². The Morgan fingerprint density at radius 1 is 0.917 bits per heavy atom. The Morgan fingerprint density at radius 3 is 2.17 bits per heavy atom. The first-order valence-electron chi connectivity index (χ1n) is 7.48. The van der Waals surface area contributed by atoms with E-state index in [0.29, 0.717) is 16.9 Å². The van der Waals surface area contributed by atoms with Crippen LogP contribution in [0.15, 0.2) is 66.7 Å². The van der Waals surface area contributed by atoms with Gasteiger partial charge >= 0.3 is 0 Å². The molecule has 4 rings (SSSR count). The van der Waals surface area contributed by atoms with Gasteiger partial charge in [-0.2, -0.15) is 10.4 Å². The zero-order chi connectivity index (χ0) is 16.5. The second-order valence-electron chi connectivity index (χ2n) is 5.36. The summed E-state index contributed by atoms with van der Waals surface area (Å²) < 4.78 is 1.69. The second-order valence-corrected chi connectivity index (χ2v) is 5.36. The van der Waals surface area contributed by atoms with Crippen LogP contribution in [0.1, 0.15) is 5.56 Å². The summed E-state index contributed by atoms with van der Waals surface area (Å²) in [4.78, 5) is 4.33. The van der Waals surface area contributed by atoms with Crippen molar-refractivity contribution in [3.05, 3.63) is 72.3 Å². The van der Waals surface area contributed by atoms with Gasteiger partial charge in [-0.1, -0.05) is 60.7 Å². The van der Waals surface area contributed by atoms with Crippen molar-refractivity contribution in [2.75, 3.05) is 5.73 Å². The third kappa shape index (κ3) is 2.18. The standard InChI is InChI=1S/C19H13N5/c20-12-15-18(14-9-5-2-6-10-14)24-17(22-19(15)21)11-16(23-24)13-7-3-1-4-8-13/h1-11H,(H2,21,22). The maximum Gasteiger partial charge on any atom is 0.158 e. The van der Waals surface area contributed by atoms with E-state index in [9.17, 15) is 5.26 Å². The SMILES string of the molecule is N#Cc1c(N)nc2cc(-c3ccccc3)nn2c1-c1ccccc1. The minimum absolute atomic E-state index is 0.211. The molecule has 2 aromatic heterocycles. The van der Waals surface area contributed by atoms with Crippen LogP contribution in [0.2, 0.25) is 0 Å². The number of hydrogen-bond acceptors (Lipinski definition) is 4. The van der Waals surface area contributed by atoms with E-state index in [1.165, 1.54) is 0 Å². The van der Waals surface area contributed by atoms with Crippen LogP contribution >= 0.6 is 0 Å². The van der Waals surface area contributed by atoms with E-state index in [0.717, 1.165) is 16.8 Å². The predicted molar refractivity (Wildman–Crippen MR) is 93.0 cm³/mol. The Labute approximate surface area is 138 Å². The molecule has 2 aromatic carbocycles. The number of nitriles is 1. The molecule has 0 spiro atoms. The van der Waals surface area contributed by atoms with Gasteiger partial charge < -0.3 is 5.73 Å². The monoisotopic (exact) mass is 311 g/mol. The van der Waals surface area contributed by atoms with Gasteiger partial charge in [0.05, 0.1) is 11.4 Å².